The van der Waals surface area contributed by atoms with Gasteiger partial charge >= 0.3 is 6.09 Å². The molecule has 1 heterocycles. The molecule has 0 aliphatic rings. The first-order valence-electron chi connectivity index (χ1n) is 11.4. The molecule has 0 aliphatic heterocycles. The highest BCUT2D eigenvalue weighted by atomic mass is 16.5. The van der Waals surface area contributed by atoms with Gasteiger partial charge in [-0.15, -0.1) is 0 Å². The zero-order valence-corrected chi connectivity index (χ0v) is 19.5. The molecular weight excluding hydrogens is 442 g/mol. The Balaban J connectivity index is 1.54. The van der Waals surface area contributed by atoms with Crippen LogP contribution in [0.3, 0.4) is 0 Å². The van der Waals surface area contributed by atoms with Gasteiger partial charge in [-0.05, 0) is 54.3 Å². The van der Waals surface area contributed by atoms with Crippen molar-refractivity contribution >= 4 is 11.8 Å². The molecule has 1 aromatic heterocycles. The van der Waals surface area contributed by atoms with Gasteiger partial charge in [-0.25, -0.2) is 9.48 Å². The number of carbonyl (C=O) groups excluding carboxylic acids is 1. The number of anilines is 1. The molecule has 0 fully saturated rings. The fourth-order valence-corrected chi connectivity index (χ4v) is 3.63. The van der Waals surface area contributed by atoms with Crippen molar-refractivity contribution in [2.75, 3.05) is 12.4 Å². The minimum absolute atomic E-state index is 0.106. The molecule has 3 aromatic carbocycles. The molecule has 1 N–H and O–H groups in total. The Hall–Kier alpha value is -4.39. The maximum absolute atomic E-state index is 13.1. The van der Waals surface area contributed by atoms with Crippen LogP contribution in [0, 0.1) is 0 Å². The van der Waals surface area contributed by atoms with Gasteiger partial charge in [0.1, 0.15) is 18.0 Å². The van der Waals surface area contributed by atoms with Crippen molar-refractivity contribution in [3.8, 4) is 17.0 Å². The summed E-state index contributed by atoms with van der Waals surface area (Å²) in [6.45, 7) is 0.514. The van der Waals surface area contributed by atoms with Crippen LogP contribution >= 0.6 is 0 Å². The maximum atomic E-state index is 13.1. The number of aryl methyl sites for hydroxylation is 2. The molecule has 178 valence electrons. The van der Waals surface area contributed by atoms with Crippen LogP contribution in [-0.4, -0.2) is 23.0 Å². The number of hydrogen-bond acceptors (Lipinski definition) is 5. The predicted octanol–water partition coefficient (Wildman–Crippen LogP) is 5.30. The molecule has 4 rings (SSSR count). The van der Waals surface area contributed by atoms with Crippen molar-refractivity contribution in [2.24, 2.45) is 0 Å². The summed E-state index contributed by atoms with van der Waals surface area (Å²) in [4.78, 5) is 25.6. The highest BCUT2D eigenvalue weighted by Crippen LogP contribution is 2.22. The Morgan fingerprint density at radius 3 is 2.23 bits per heavy atom. The summed E-state index contributed by atoms with van der Waals surface area (Å²) < 4.78 is 11.9. The monoisotopic (exact) mass is 469 g/mol. The smallest absolute Gasteiger partial charge is 0.412 e. The number of rotatable bonds is 9. The molecule has 7 nitrogen and oxygen atoms in total. The van der Waals surface area contributed by atoms with Gasteiger partial charge in [-0.1, -0.05) is 60.7 Å². The van der Waals surface area contributed by atoms with Crippen LogP contribution < -0.4 is 15.6 Å². The second kappa shape index (κ2) is 11.7. The zero-order valence-electron chi connectivity index (χ0n) is 19.5. The van der Waals surface area contributed by atoms with Gasteiger partial charge in [0, 0.05) is 12.1 Å². The second-order valence-electron chi connectivity index (χ2n) is 7.98. The molecule has 0 bridgehead atoms. The topological polar surface area (TPSA) is 82.5 Å². The van der Waals surface area contributed by atoms with Gasteiger partial charge in [0.25, 0.3) is 5.56 Å². The van der Waals surface area contributed by atoms with Gasteiger partial charge in [-0.2, -0.15) is 5.10 Å². The Morgan fingerprint density at radius 1 is 0.914 bits per heavy atom. The first-order valence-corrected chi connectivity index (χ1v) is 11.4. The van der Waals surface area contributed by atoms with Gasteiger partial charge in [0.2, 0.25) is 0 Å². The van der Waals surface area contributed by atoms with E-state index in [1.54, 1.807) is 13.2 Å². The van der Waals surface area contributed by atoms with E-state index in [1.165, 1.54) is 10.2 Å². The molecule has 0 saturated heterocycles. The van der Waals surface area contributed by atoms with Crippen LogP contribution in [0.2, 0.25) is 0 Å². The summed E-state index contributed by atoms with van der Waals surface area (Å²) in [7, 11) is 1.60. The van der Waals surface area contributed by atoms with Gasteiger partial charge in [-0.3, -0.25) is 10.1 Å². The number of benzene rings is 3. The average molecular weight is 470 g/mol. The maximum Gasteiger partial charge on any atom is 0.412 e. The Kier molecular flexibility index (Phi) is 7.91. The first-order chi connectivity index (χ1) is 17.1. The lowest BCUT2D eigenvalue weighted by atomic mass is 10.1. The van der Waals surface area contributed by atoms with E-state index < -0.39 is 6.09 Å². The van der Waals surface area contributed by atoms with E-state index in [-0.39, 0.29) is 17.9 Å². The van der Waals surface area contributed by atoms with E-state index in [2.05, 4.69) is 22.5 Å². The quantitative estimate of drug-likeness (QED) is 0.360. The van der Waals surface area contributed by atoms with E-state index in [4.69, 9.17) is 9.47 Å². The first kappa shape index (κ1) is 23.8. The van der Waals surface area contributed by atoms with E-state index >= 15 is 0 Å². The largest absolute Gasteiger partial charge is 0.497 e. The summed E-state index contributed by atoms with van der Waals surface area (Å²) in [5, 5.41) is 7.16. The molecule has 7 heteroatoms. The Bertz CT molecular complexity index is 1300. The molecule has 0 aliphatic carbocycles. The summed E-state index contributed by atoms with van der Waals surface area (Å²) in [6, 6.07) is 28.4. The van der Waals surface area contributed by atoms with Crippen molar-refractivity contribution in [3.63, 3.8) is 0 Å². The van der Waals surface area contributed by atoms with Crippen molar-refractivity contribution in [2.45, 2.75) is 26.0 Å². The van der Waals surface area contributed by atoms with Crippen LogP contribution in [0.1, 0.15) is 17.5 Å². The Labute approximate surface area is 204 Å². The fourth-order valence-electron chi connectivity index (χ4n) is 3.63. The van der Waals surface area contributed by atoms with Crippen LogP contribution in [0.5, 0.6) is 5.75 Å². The fraction of sp³-hybridized carbons (Fsp3) is 0.179. The molecular formula is C28H27N3O4. The molecule has 0 radical (unpaired) electrons. The third kappa shape index (κ3) is 6.57. The number of nitrogens with one attached hydrogen (secondary N) is 1. The lowest BCUT2D eigenvalue weighted by molar-refractivity contribution is 0.155. The van der Waals surface area contributed by atoms with E-state index in [1.807, 2.05) is 72.8 Å². The summed E-state index contributed by atoms with van der Waals surface area (Å²) in [6.07, 6.45) is 0.832. The minimum Gasteiger partial charge on any atom is -0.497 e. The lowest BCUT2D eigenvalue weighted by Crippen LogP contribution is -2.28. The van der Waals surface area contributed by atoms with Gasteiger partial charge in [0.15, 0.2) is 0 Å². The van der Waals surface area contributed by atoms with Gasteiger partial charge < -0.3 is 9.47 Å². The second-order valence-corrected chi connectivity index (χ2v) is 7.98. The standard InChI is InChI=1S/C28H27N3O4/c1-34-24-16-14-23(15-17-24)25-19-26(29-28(33)35-20-22-11-6-3-7-12-22)27(32)31(30-25)18-8-13-21-9-4-2-5-10-21/h2-7,9-12,14-17,19H,8,13,18,20H2,1H3,(H,29,33). The van der Waals surface area contributed by atoms with Crippen LogP contribution in [0.4, 0.5) is 10.5 Å². The molecule has 0 saturated carbocycles. The number of carbonyl (C=O) groups is 1. The number of amides is 1. The molecule has 0 unspecified atom stereocenters. The van der Waals surface area contributed by atoms with Crippen LogP contribution in [0.25, 0.3) is 11.3 Å². The minimum atomic E-state index is -0.700. The molecule has 1 amide bonds. The van der Waals surface area contributed by atoms with E-state index in [9.17, 15) is 9.59 Å². The number of nitrogens with zero attached hydrogens (tertiary/aromatic N) is 2. The van der Waals surface area contributed by atoms with Crippen LogP contribution in [-0.2, 0) is 24.3 Å². The Morgan fingerprint density at radius 2 is 1.57 bits per heavy atom. The average Bonchev–Trinajstić information content (AvgIpc) is 2.91. The predicted molar refractivity (Wildman–Crippen MR) is 135 cm³/mol. The van der Waals surface area contributed by atoms with Crippen molar-refractivity contribution in [1.82, 2.24) is 9.78 Å². The van der Waals surface area contributed by atoms with Crippen molar-refractivity contribution in [1.29, 1.82) is 0 Å². The van der Waals surface area contributed by atoms with Gasteiger partial charge in [0.05, 0.1) is 12.8 Å². The lowest BCUT2D eigenvalue weighted by Gasteiger charge is -2.12. The highest BCUT2D eigenvalue weighted by Gasteiger charge is 2.14. The number of aromatic nitrogens is 2. The molecule has 35 heavy (non-hydrogen) atoms. The van der Waals surface area contributed by atoms with E-state index in [0.717, 1.165) is 24.0 Å². The molecule has 4 aromatic rings. The van der Waals surface area contributed by atoms with Crippen molar-refractivity contribution in [3.05, 3.63) is 112 Å². The van der Waals surface area contributed by atoms with Crippen molar-refractivity contribution < 1.29 is 14.3 Å². The molecule has 0 spiro atoms. The SMILES string of the molecule is COc1ccc(-c2cc(NC(=O)OCc3ccccc3)c(=O)n(CCCc3ccccc3)n2)cc1. The third-order valence-corrected chi connectivity index (χ3v) is 5.49. The molecule has 0 atom stereocenters. The normalized spacial score (nSPS) is 10.5. The number of ether oxygens (including phenoxy) is 2. The zero-order chi connectivity index (χ0) is 24.5. The number of methoxy groups -OCH3 is 1. The van der Waals surface area contributed by atoms with Crippen LogP contribution in [0.15, 0.2) is 95.8 Å². The number of hydrogen-bond donors (Lipinski definition) is 1. The summed E-state index contributed by atoms with van der Waals surface area (Å²) >= 11 is 0. The summed E-state index contributed by atoms with van der Waals surface area (Å²) in [5.74, 6) is 0.716. The third-order valence-electron chi connectivity index (χ3n) is 5.49. The summed E-state index contributed by atoms with van der Waals surface area (Å²) in [5.41, 5.74) is 3.13. The highest BCUT2D eigenvalue weighted by molar-refractivity contribution is 5.85. The van der Waals surface area contributed by atoms with E-state index in [0.29, 0.717) is 18.0 Å².